The van der Waals surface area contributed by atoms with Gasteiger partial charge in [0.2, 0.25) is 5.91 Å². The normalized spacial score (nSPS) is 22.2. The Bertz CT molecular complexity index is 1660. The number of amides is 1. The summed E-state index contributed by atoms with van der Waals surface area (Å²) in [6.45, 7) is 2.89. The first kappa shape index (κ1) is 90.8. The predicted octanol–water partition coefficient (Wildman–Crippen LogP) is 19.3. The van der Waals surface area contributed by atoms with Gasteiger partial charge in [-0.15, -0.1) is 0 Å². The molecule has 2 heterocycles. The van der Waals surface area contributed by atoms with Gasteiger partial charge in [-0.05, 0) is 19.3 Å². The van der Waals surface area contributed by atoms with Crippen molar-refractivity contribution in [1.29, 1.82) is 0 Å². The van der Waals surface area contributed by atoms with Gasteiger partial charge in [-0.25, -0.2) is 0 Å². The van der Waals surface area contributed by atoms with Crippen LogP contribution in [0.3, 0.4) is 0 Å². The highest BCUT2D eigenvalue weighted by Crippen LogP contribution is 2.31. The molecule has 570 valence electrons. The Morgan fingerprint density at radius 1 is 0.365 bits per heavy atom. The zero-order valence-electron chi connectivity index (χ0n) is 62.7. The molecule has 14 heteroatoms. The molecule has 2 aliphatic rings. The molecule has 1 amide bonds. The Morgan fingerprint density at radius 3 is 0.958 bits per heavy atom. The number of ether oxygens (including phenoxy) is 4. The van der Waals surface area contributed by atoms with Crippen molar-refractivity contribution in [2.45, 2.75) is 485 Å². The van der Waals surface area contributed by atoms with Crippen LogP contribution in [0, 0.1) is 0 Å². The van der Waals surface area contributed by atoms with Crippen LogP contribution in [0.5, 0.6) is 0 Å². The molecular formula is C82H159NO13. The lowest BCUT2D eigenvalue weighted by atomic mass is 9.97. The first-order valence-electron chi connectivity index (χ1n) is 41.9. The number of unbranched alkanes of at least 4 members (excludes halogenated alkanes) is 59. The lowest BCUT2D eigenvalue weighted by molar-refractivity contribution is -0.359. The van der Waals surface area contributed by atoms with Crippen molar-refractivity contribution in [3.8, 4) is 0 Å². The smallest absolute Gasteiger partial charge is 0.220 e. The average Bonchev–Trinajstić information content (AvgIpc) is 0.800. The molecule has 2 saturated heterocycles. The standard InChI is InChI=1S/C82H159NO13/c1-3-5-7-9-11-13-15-17-19-21-23-25-27-29-31-33-34-35-36-38-39-41-43-45-47-49-51-53-55-57-59-61-63-65-71(86)70(69-93-81-79(92)77(90)80(73(68-85)95-81)96-82-78(91)76(89)75(88)72(67-84)94-82)83-74(87)66-64-62-60-58-56-54-52-50-48-46-44-42-40-37-32-30-28-26-24-22-20-18-16-14-12-10-8-6-4-2/h63,65,70-73,75-82,84-86,88-92H,3-62,64,66-69H2,1-2H3,(H,83,87)/b65-63+. The van der Waals surface area contributed by atoms with Gasteiger partial charge in [0.1, 0.15) is 48.8 Å². The van der Waals surface area contributed by atoms with E-state index in [4.69, 9.17) is 18.9 Å². The van der Waals surface area contributed by atoms with E-state index >= 15 is 0 Å². The molecule has 0 saturated carbocycles. The number of aliphatic hydroxyl groups is 8. The summed E-state index contributed by atoms with van der Waals surface area (Å²) in [5.74, 6) is -0.228. The van der Waals surface area contributed by atoms with Gasteiger partial charge in [-0.2, -0.15) is 0 Å². The fourth-order valence-corrected chi connectivity index (χ4v) is 14.4. The van der Waals surface area contributed by atoms with E-state index in [1.54, 1.807) is 6.08 Å². The van der Waals surface area contributed by atoms with Crippen molar-refractivity contribution in [2.75, 3.05) is 19.8 Å². The van der Waals surface area contributed by atoms with Crippen LogP contribution in [-0.4, -0.2) is 140 Å². The number of rotatable bonds is 72. The van der Waals surface area contributed by atoms with Crippen molar-refractivity contribution in [3.05, 3.63) is 12.2 Å². The van der Waals surface area contributed by atoms with Gasteiger partial charge < -0.3 is 65.1 Å². The zero-order valence-corrected chi connectivity index (χ0v) is 62.7. The third-order valence-electron chi connectivity index (χ3n) is 21.0. The van der Waals surface area contributed by atoms with Gasteiger partial charge in [0.15, 0.2) is 12.6 Å². The van der Waals surface area contributed by atoms with Crippen LogP contribution in [0.2, 0.25) is 0 Å². The molecule has 0 aliphatic carbocycles. The van der Waals surface area contributed by atoms with Crippen molar-refractivity contribution < 1.29 is 64.6 Å². The van der Waals surface area contributed by atoms with E-state index in [0.717, 1.165) is 44.9 Å². The molecule has 12 atom stereocenters. The number of carbonyl (C=O) groups excluding carboxylic acids is 1. The van der Waals surface area contributed by atoms with Crippen molar-refractivity contribution in [1.82, 2.24) is 5.32 Å². The van der Waals surface area contributed by atoms with E-state index in [1.807, 2.05) is 6.08 Å². The summed E-state index contributed by atoms with van der Waals surface area (Å²) >= 11 is 0. The topological polar surface area (TPSA) is 228 Å². The van der Waals surface area contributed by atoms with E-state index in [2.05, 4.69) is 19.2 Å². The Kier molecular flexibility index (Phi) is 63.3. The van der Waals surface area contributed by atoms with Crippen LogP contribution in [-0.2, 0) is 23.7 Å². The maximum atomic E-state index is 13.4. The zero-order chi connectivity index (χ0) is 69.4. The Labute approximate surface area is 590 Å². The van der Waals surface area contributed by atoms with Gasteiger partial charge in [-0.1, -0.05) is 398 Å². The quantitative estimate of drug-likeness (QED) is 0.0204. The van der Waals surface area contributed by atoms with Crippen LogP contribution in [0.1, 0.15) is 412 Å². The molecule has 0 radical (unpaired) electrons. The molecule has 9 N–H and O–H groups in total. The SMILES string of the molecule is CCCCCCCCCCCCCCCCCCCCCCCCCCCCCCCCC/C=C/C(O)C(COC1OC(CO)C(OC2OC(CO)C(O)C(O)C2O)C(O)C1O)NC(=O)CCCCCCCCCCCCCCCCCCCCCCCCCCCCCCC. The first-order valence-corrected chi connectivity index (χ1v) is 41.9. The number of carbonyl (C=O) groups is 1. The molecule has 0 bridgehead atoms. The van der Waals surface area contributed by atoms with Gasteiger partial charge in [0.05, 0.1) is 32.0 Å². The molecule has 0 spiro atoms. The van der Waals surface area contributed by atoms with E-state index in [-0.39, 0.29) is 18.9 Å². The second kappa shape index (κ2) is 66.9. The van der Waals surface area contributed by atoms with Crippen LogP contribution in [0.25, 0.3) is 0 Å². The fraction of sp³-hybridized carbons (Fsp3) is 0.963. The molecule has 0 aromatic carbocycles. The predicted molar refractivity (Wildman–Crippen MR) is 397 cm³/mol. The van der Waals surface area contributed by atoms with Crippen LogP contribution >= 0.6 is 0 Å². The summed E-state index contributed by atoms with van der Waals surface area (Å²) in [5, 5.41) is 87.8. The lowest BCUT2D eigenvalue weighted by Crippen LogP contribution is -2.65. The highest BCUT2D eigenvalue weighted by atomic mass is 16.7. The summed E-state index contributed by atoms with van der Waals surface area (Å²) in [7, 11) is 0. The summed E-state index contributed by atoms with van der Waals surface area (Å²) < 4.78 is 22.9. The number of allylic oxidation sites excluding steroid dienone is 1. The molecule has 96 heavy (non-hydrogen) atoms. The molecular weight excluding hydrogens is 1210 g/mol. The number of nitrogens with one attached hydrogen (secondary N) is 1. The summed E-state index contributed by atoms with van der Waals surface area (Å²) in [6, 6.07) is -0.913. The molecule has 2 aliphatic heterocycles. The minimum Gasteiger partial charge on any atom is -0.394 e. The minimum absolute atomic E-state index is 0.228. The highest BCUT2D eigenvalue weighted by Gasteiger charge is 2.51. The summed E-state index contributed by atoms with van der Waals surface area (Å²) in [6.07, 6.45) is 68.8. The summed E-state index contributed by atoms with van der Waals surface area (Å²) in [5.41, 5.74) is 0. The Hall–Kier alpha value is -1.27. The fourth-order valence-electron chi connectivity index (χ4n) is 14.4. The van der Waals surface area contributed by atoms with Gasteiger partial charge in [0, 0.05) is 6.42 Å². The summed E-state index contributed by atoms with van der Waals surface area (Å²) in [4.78, 5) is 13.4. The molecule has 12 unspecified atom stereocenters. The maximum absolute atomic E-state index is 13.4. The Balaban J connectivity index is 1.60. The average molecular weight is 1370 g/mol. The molecule has 0 aromatic rings. The second-order valence-corrected chi connectivity index (χ2v) is 30.0. The minimum atomic E-state index is -1.79. The van der Waals surface area contributed by atoms with Crippen LogP contribution < -0.4 is 5.32 Å². The number of hydrogen-bond acceptors (Lipinski definition) is 13. The molecule has 2 rings (SSSR count). The van der Waals surface area contributed by atoms with Crippen LogP contribution in [0.15, 0.2) is 12.2 Å². The maximum Gasteiger partial charge on any atom is 0.220 e. The second-order valence-electron chi connectivity index (χ2n) is 30.0. The third-order valence-corrected chi connectivity index (χ3v) is 21.0. The lowest BCUT2D eigenvalue weighted by Gasteiger charge is -2.46. The van der Waals surface area contributed by atoms with E-state index in [0.29, 0.717) is 0 Å². The number of aliphatic hydroxyl groups excluding tert-OH is 8. The molecule has 0 aromatic heterocycles. The Morgan fingerprint density at radius 2 is 0.646 bits per heavy atom. The van der Waals surface area contributed by atoms with E-state index < -0.39 is 86.8 Å². The van der Waals surface area contributed by atoms with Crippen molar-refractivity contribution in [2.24, 2.45) is 0 Å². The third kappa shape index (κ3) is 49.4. The van der Waals surface area contributed by atoms with Crippen molar-refractivity contribution in [3.63, 3.8) is 0 Å². The van der Waals surface area contributed by atoms with E-state index in [9.17, 15) is 45.6 Å². The molecule has 14 nitrogen and oxygen atoms in total. The van der Waals surface area contributed by atoms with Gasteiger partial charge in [0.25, 0.3) is 0 Å². The van der Waals surface area contributed by atoms with Gasteiger partial charge >= 0.3 is 0 Å². The number of hydrogen-bond donors (Lipinski definition) is 9. The van der Waals surface area contributed by atoms with Crippen molar-refractivity contribution >= 4 is 5.91 Å². The van der Waals surface area contributed by atoms with E-state index in [1.165, 1.54) is 347 Å². The van der Waals surface area contributed by atoms with Gasteiger partial charge in [-0.3, -0.25) is 4.79 Å². The monoisotopic (exact) mass is 1370 g/mol. The van der Waals surface area contributed by atoms with Crippen LogP contribution in [0.4, 0.5) is 0 Å². The molecule has 2 fully saturated rings. The highest BCUT2D eigenvalue weighted by molar-refractivity contribution is 5.76. The largest absolute Gasteiger partial charge is 0.394 e. The first-order chi connectivity index (χ1) is 47.1.